The average Bonchev–Trinajstić information content (AvgIpc) is 3.13. The van der Waals surface area contributed by atoms with Gasteiger partial charge in [-0.3, -0.25) is 4.79 Å². The van der Waals surface area contributed by atoms with Crippen LogP contribution >= 0.6 is 23.1 Å². The maximum atomic E-state index is 14.0. The first-order valence-corrected chi connectivity index (χ1v) is 13.1. The van der Waals surface area contributed by atoms with Crippen molar-refractivity contribution in [3.8, 4) is 5.75 Å². The first-order valence-electron chi connectivity index (χ1n) is 9.44. The second kappa shape index (κ2) is 10.4. The number of rotatable bonds is 10. The van der Waals surface area contributed by atoms with Crippen LogP contribution in [0.3, 0.4) is 0 Å². The molecule has 3 aromatic rings. The highest BCUT2D eigenvalue weighted by Gasteiger charge is 2.28. The number of halogens is 1. The second-order valence-corrected chi connectivity index (χ2v) is 10.2. The van der Waals surface area contributed by atoms with E-state index in [4.69, 9.17) is 4.74 Å². The molecule has 3 rings (SSSR count). The molecule has 0 aliphatic rings. The predicted molar refractivity (Wildman–Crippen MR) is 123 cm³/mol. The SMILES string of the molecule is CCOc1ccc2nc(NC(=O)[C@@H](CCSC)NS(=O)(=O)c3ccccc3F)sc2c1. The van der Waals surface area contributed by atoms with Crippen LogP contribution in [0.5, 0.6) is 5.75 Å². The molecule has 31 heavy (non-hydrogen) atoms. The lowest BCUT2D eigenvalue weighted by Gasteiger charge is -2.17. The fourth-order valence-corrected chi connectivity index (χ4v) is 5.48. The van der Waals surface area contributed by atoms with E-state index in [0.717, 1.165) is 16.8 Å². The smallest absolute Gasteiger partial charge is 0.244 e. The van der Waals surface area contributed by atoms with Crippen molar-refractivity contribution < 1.29 is 22.3 Å². The third-order valence-electron chi connectivity index (χ3n) is 4.25. The fourth-order valence-electron chi connectivity index (χ4n) is 2.80. The van der Waals surface area contributed by atoms with Gasteiger partial charge in [0.15, 0.2) is 5.13 Å². The standard InChI is InChI=1S/C20H22FN3O4S3/c1-3-28-13-8-9-15-17(12-13)30-20(22-15)23-19(25)16(10-11-29-2)24-31(26,27)18-7-5-4-6-14(18)21/h4-9,12,16,24H,3,10-11H2,1-2H3,(H,22,23,25)/t16-/m1/s1. The Bertz CT molecular complexity index is 1170. The number of nitrogens with zero attached hydrogens (tertiary/aromatic N) is 1. The van der Waals surface area contributed by atoms with Gasteiger partial charge in [0.25, 0.3) is 0 Å². The van der Waals surface area contributed by atoms with Gasteiger partial charge in [-0.05, 0) is 55.7 Å². The highest BCUT2D eigenvalue weighted by Crippen LogP contribution is 2.29. The maximum absolute atomic E-state index is 14.0. The van der Waals surface area contributed by atoms with Gasteiger partial charge in [-0.1, -0.05) is 23.5 Å². The second-order valence-electron chi connectivity index (χ2n) is 6.46. The van der Waals surface area contributed by atoms with Gasteiger partial charge in [0, 0.05) is 0 Å². The molecule has 2 N–H and O–H groups in total. The summed E-state index contributed by atoms with van der Waals surface area (Å²) in [5.41, 5.74) is 0.691. The van der Waals surface area contributed by atoms with Crippen LogP contribution in [0.15, 0.2) is 47.4 Å². The summed E-state index contributed by atoms with van der Waals surface area (Å²) < 4.78 is 47.9. The Hall–Kier alpha value is -2.21. The van der Waals surface area contributed by atoms with Gasteiger partial charge >= 0.3 is 0 Å². The molecule has 0 fully saturated rings. The van der Waals surface area contributed by atoms with Crippen molar-refractivity contribution in [1.82, 2.24) is 9.71 Å². The molecule has 0 saturated heterocycles. The molecule has 0 aliphatic carbocycles. The molecule has 0 saturated carbocycles. The van der Waals surface area contributed by atoms with Crippen molar-refractivity contribution in [3.05, 3.63) is 48.3 Å². The van der Waals surface area contributed by atoms with E-state index in [1.165, 1.54) is 35.2 Å². The monoisotopic (exact) mass is 483 g/mol. The number of hydrogen-bond donors (Lipinski definition) is 2. The Labute approximate surface area is 188 Å². The van der Waals surface area contributed by atoms with Crippen LogP contribution in [0.25, 0.3) is 10.2 Å². The van der Waals surface area contributed by atoms with E-state index in [2.05, 4.69) is 15.0 Å². The first-order chi connectivity index (χ1) is 14.8. The van der Waals surface area contributed by atoms with E-state index < -0.39 is 32.7 Å². The van der Waals surface area contributed by atoms with Crippen molar-refractivity contribution in [2.75, 3.05) is 23.9 Å². The van der Waals surface area contributed by atoms with Crippen LogP contribution in [0.2, 0.25) is 0 Å². The molecule has 1 amide bonds. The van der Waals surface area contributed by atoms with Crippen molar-refractivity contribution in [1.29, 1.82) is 0 Å². The van der Waals surface area contributed by atoms with Gasteiger partial charge in [0.2, 0.25) is 15.9 Å². The van der Waals surface area contributed by atoms with Crippen LogP contribution < -0.4 is 14.8 Å². The minimum absolute atomic E-state index is 0.236. The summed E-state index contributed by atoms with van der Waals surface area (Å²) in [7, 11) is -4.22. The molecule has 2 aromatic carbocycles. The van der Waals surface area contributed by atoms with Gasteiger partial charge in [-0.15, -0.1) is 0 Å². The van der Waals surface area contributed by atoms with E-state index in [1.54, 1.807) is 12.1 Å². The van der Waals surface area contributed by atoms with E-state index in [1.807, 2.05) is 19.2 Å². The third kappa shape index (κ3) is 5.94. The maximum Gasteiger partial charge on any atom is 0.244 e. The summed E-state index contributed by atoms with van der Waals surface area (Å²) in [6.45, 7) is 2.42. The van der Waals surface area contributed by atoms with Gasteiger partial charge in [0.05, 0.1) is 16.8 Å². The Morgan fingerprint density at radius 1 is 1.29 bits per heavy atom. The molecule has 0 unspecified atom stereocenters. The summed E-state index contributed by atoms with van der Waals surface area (Å²) in [5, 5.41) is 3.02. The van der Waals surface area contributed by atoms with Gasteiger partial charge in [-0.2, -0.15) is 16.5 Å². The number of thiazole rings is 1. The number of amides is 1. The number of thioether (sulfide) groups is 1. The topological polar surface area (TPSA) is 97.4 Å². The molecule has 0 aliphatic heterocycles. The number of anilines is 1. The highest BCUT2D eigenvalue weighted by atomic mass is 32.2. The summed E-state index contributed by atoms with van der Waals surface area (Å²) in [6.07, 6.45) is 2.09. The number of fused-ring (bicyclic) bond motifs is 1. The van der Waals surface area contributed by atoms with Crippen molar-refractivity contribution in [2.24, 2.45) is 0 Å². The minimum atomic E-state index is -4.22. The van der Waals surface area contributed by atoms with Gasteiger partial charge in [0.1, 0.15) is 22.5 Å². The lowest BCUT2D eigenvalue weighted by molar-refractivity contribution is -0.117. The number of carbonyl (C=O) groups is 1. The number of hydrogen-bond acceptors (Lipinski definition) is 7. The van der Waals surface area contributed by atoms with E-state index >= 15 is 0 Å². The Kier molecular flexibility index (Phi) is 7.87. The Morgan fingerprint density at radius 3 is 2.77 bits per heavy atom. The molecule has 1 aromatic heterocycles. The third-order valence-corrected chi connectivity index (χ3v) is 7.33. The van der Waals surface area contributed by atoms with Gasteiger partial charge in [-0.25, -0.2) is 17.8 Å². The Balaban J connectivity index is 1.80. The van der Waals surface area contributed by atoms with Crippen molar-refractivity contribution in [2.45, 2.75) is 24.3 Å². The van der Waals surface area contributed by atoms with Crippen molar-refractivity contribution in [3.63, 3.8) is 0 Å². The zero-order valence-electron chi connectivity index (χ0n) is 16.9. The molecule has 11 heteroatoms. The summed E-state index contributed by atoms with van der Waals surface area (Å²) in [4.78, 5) is 16.7. The number of ether oxygens (including phenoxy) is 1. The molecule has 0 bridgehead atoms. The average molecular weight is 484 g/mol. The van der Waals surface area contributed by atoms with E-state index in [9.17, 15) is 17.6 Å². The van der Waals surface area contributed by atoms with E-state index in [0.29, 0.717) is 28.8 Å². The number of carbonyl (C=O) groups excluding carboxylic acids is 1. The van der Waals surface area contributed by atoms with Crippen LogP contribution in [0.4, 0.5) is 9.52 Å². The zero-order chi connectivity index (χ0) is 22.4. The van der Waals surface area contributed by atoms with E-state index in [-0.39, 0.29) is 6.42 Å². The first kappa shape index (κ1) is 23.5. The highest BCUT2D eigenvalue weighted by molar-refractivity contribution is 7.98. The minimum Gasteiger partial charge on any atom is -0.494 e. The van der Waals surface area contributed by atoms with Crippen molar-refractivity contribution >= 4 is 54.4 Å². The zero-order valence-corrected chi connectivity index (χ0v) is 19.4. The van der Waals surface area contributed by atoms with Crippen LogP contribution in [-0.2, 0) is 14.8 Å². The molecule has 1 heterocycles. The molecule has 166 valence electrons. The predicted octanol–water partition coefficient (Wildman–Crippen LogP) is 3.87. The van der Waals surface area contributed by atoms with Crippen LogP contribution in [0, 0.1) is 5.82 Å². The molecule has 7 nitrogen and oxygen atoms in total. The number of sulfonamides is 1. The number of nitrogens with one attached hydrogen (secondary N) is 2. The number of benzene rings is 2. The molecular formula is C20H22FN3O4S3. The summed E-state index contributed by atoms with van der Waals surface area (Å²) in [6, 6.07) is 9.37. The molecule has 1 atom stereocenters. The Morgan fingerprint density at radius 2 is 2.06 bits per heavy atom. The quantitative estimate of drug-likeness (QED) is 0.454. The largest absolute Gasteiger partial charge is 0.494 e. The van der Waals surface area contributed by atoms with Crippen LogP contribution in [-0.4, -0.2) is 44.0 Å². The summed E-state index contributed by atoms with van der Waals surface area (Å²) >= 11 is 2.73. The normalized spacial score (nSPS) is 12.6. The molecule has 0 radical (unpaired) electrons. The summed E-state index contributed by atoms with van der Waals surface area (Å²) in [5.74, 6) is -0.199. The van der Waals surface area contributed by atoms with Gasteiger partial charge < -0.3 is 10.1 Å². The van der Waals surface area contributed by atoms with Crippen LogP contribution in [0.1, 0.15) is 13.3 Å². The number of aromatic nitrogens is 1. The fraction of sp³-hybridized carbons (Fsp3) is 0.300. The lowest BCUT2D eigenvalue weighted by Crippen LogP contribution is -2.44. The molecule has 0 spiro atoms. The lowest BCUT2D eigenvalue weighted by atomic mass is 10.2. The molecular weight excluding hydrogens is 461 g/mol.